The Kier molecular flexibility index (Phi) is 8.26. The number of benzene rings is 2. The lowest BCUT2D eigenvalue weighted by Crippen LogP contribution is -2.28. The number of aryl methyl sites for hydroxylation is 1. The van der Waals surface area contributed by atoms with Gasteiger partial charge in [0.2, 0.25) is 0 Å². The van der Waals surface area contributed by atoms with E-state index in [2.05, 4.69) is 15.5 Å². The predicted octanol–water partition coefficient (Wildman–Crippen LogP) is 4.80. The number of hydrogen-bond acceptors (Lipinski definition) is 9. The molecule has 1 aliphatic rings. The summed E-state index contributed by atoms with van der Waals surface area (Å²) in [6.45, 7) is 3.63. The number of thioether (sulfide) groups is 1. The Hall–Kier alpha value is -4.36. The van der Waals surface area contributed by atoms with Gasteiger partial charge in [0.1, 0.15) is 0 Å². The molecule has 2 amide bonds. The van der Waals surface area contributed by atoms with Crippen molar-refractivity contribution in [2.45, 2.75) is 38.0 Å². The zero-order valence-corrected chi connectivity index (χ0v) is 24.2. The summed E-state index contributed by atoms with van der Waals surface area (Å²) < 4.78 is 1.71. The predicted molar refractivity (Wildman–Crippen MR) is 157 cm³/mol. The molecule has 0 aliphatic carbocycles. The molecule has 0 spiro atoms. The quantitative estimate of drug-likeness (QED) is 0.168. The Balaban J connectivity index is 1.25. The summed E-state index contributed by atoms with van der Waals surface area (Å²) in [6.07, 6.45) is 0.637. The number of carbonyl (C=O) groups excluding carboxylic acids is 2. The van der Waals surface area contributed by atoms with Crippen LogP contribution in [-0.4, -0.2) is 48.0 Å². The summed E-state index contributed by atoms with van der Waals surface area (Å²) >= 11 is 2.84. The number of hydrazone groups is 1. The molecule has 0 unspecified atom stereocenters. The molecule has 3 heterocycles. The zero-order chi connectivity index (χ0) is 29.1. The minimum absolute atomic E-state index is 0.0645. The standard InChI is InChI=1S/C28H27N7O4S2/c1-17-9-11-19(12-10-17)23-14-21(24-8-5-13-40-24)32-34(23)26(36)16-41-28-31-30-25(33(28)3)15-29-27(37)20-6-4-7-22(18(20)2)35(38)39/h4-13,23H,14-16H2,1-3H3,(H,29,37)/t23-/m1/s1. The third-order valence-electron chi connectivity index (χ3n) is 6.84. The first-order valence-corrected chi connectivity index (χ1v) is 14.6. The highest BCUT2D eigenvalue weighted by Crippen LogP contribution is 2.34. The molecule has 0 bridgehead atoms. The Morgan fingerprint density at radius 2 is 1.90 bits per heavy atom. The first-order valence-electron chi connectivity index (χ1n) is 12.8. The summed E-state index contributed by atoms with van der Waals surface area (Å²) in [4.78, 5) is 37.9. The van der Waals surface area contributed by atoms with Gasteiger partial charge < -0.3 is 9.88 Å². The Morgan fingerprint density at radius 3 is 2.61 bits per heavy atom. The lowest BCUT2D eigenvalue weighted by atomic mass is 10.00. The summed E-state index contributed by atoms with van der Waals surface area (Å²) in [5, 5.41) is 31.1. The molecule has 11 nitrogen and oxygen atoms in total. The monoisotopic (exact) mass is 589 g/mol. The van der Waals surface area contributed by atoms with E-state index in [0.717, 1.165) is 21.7 Å². The van der Waals surface area contributed by atoms with E-state index < -0.39 is 10.8 Å². The number of thiophene rings is 1. The average Bonchev–Trinajstić information content (AvgIpc) is 3.71. The molecular weight excluding hydrogens is 562 g/mol. The van der Waals surface area contributed by atoms with Crippen LogP contribution in [0.15, 0.2) is 70.2 Å². The van der Waals surface area contributed by atoms with Crippen LogP contribution < -0.4 is 5.32 Å². The van der Waals surface area contributed by atoms with Crippen molar-refractivity contribution in [3.8, 4) is 0 Å². The van der Waals surface area contributed by atoms with Crippen molar-refractivity contribution in [3.63, 3.8) is 0 Å². The number of nitrogens with zero attached hydrogens (tertiary/aromatic N) is 6. The van der Waals surface area contributed by atoms with Crippen molar-refractivity contribution >= 4 is 46.3 Å². The molecule has 13 heteroatoms. The van der Waals surface area contributed by atoms with Gasteiger partial charge in [-0.3, -0.25) is 19.7 Å². The van der Waals surface area contributed by atoms with E-state index in [1.54, 1.807) is 28.0 Å². The molecule has 0 saturated carbocycles. The molecule has 41 heavy (non-hydrogen) atoms. The SMILES string of the molecule is Cc1ccc([C@H]2CC(c3cccs3)=NN2C(=O)CSc2nnc(CNC(=O)c3cccc([N+](=O)[O-])c3C)n2C)cc1. The first kappa shape index (κ1) is 28.2. The molecule has 0 radical (unpaired) electrons. The van der Waals surface area contributed by atoms with Gasteiger partial charge in [-0.2, -0.15) is 5.10 Å². The van der Waals surface area contributed by atoms with Gasteiger partial charge >= 0.3 is 0 Å². The second-order valence-corrected chi connectivity index (χ2v) is 11.4. The Labute approximate surface area is 244 Å². The third kappa shape index (κ3) is 6.05. The molecule has 1 aliphatic heterocycles. The van der Waals surface area contributed by atoms with Gasteiger partial charge in [0.25, 0.3) is 17.5 Å². The highest BCUT2D eigenvalue weighted by molar-refractivity contribution is 7.99. The van der Waals surface area contributed by atoms with Crippen LogP contribution in [0.4, 0.5) is 5.69 Å². The van der Waals surface area contributed by atoms with E-state index in [0.29, 0.717) is 23.0 Å². The average molecular weight is 590 g/mol. The number of nitro groups is 1. The molecule has 0 fully saturated rings. The van der Waals surface area contributed by atoms with Gasteiger partial charge in [-0.05, 0) is 36.9 Å². The minimum Gasteiger partial charge on any atom is -0.345 e. The largest absolute Gasteiger partial charge is 0.345 e. The van der Waals surface area contributed by atoms with Crippen LogP contribution in [0.3, 0.4) is 0 Å². The number of carbonyl (C=O) groups is 2. The van der Waals surface area contributed by atoms with Crippen LogP contribution in [0.1, 0.15) is 50.2 Å². The number of nitrogens with one attached hydrogen (secondary N) is 1. The van der Waals surface area contributed by atoms with Crippen molar-refractivity contribution in [2.24, 2.45) is 12.1 Å². The van der Waals surface area contributed by atoms with Gasteiger partial charge in [-0.1, -0.05) is 53.7 Å². The molecule has 4 aromatic rings. The fourth-order valence-electron chi connectivity index (χ4n) is 4.52. The minimum atomic E-state index is -0.515. The molecule has 210 valence electrons. The number of nitro benzene ring substituents is 1. The van der Waals surface area contributed by atoms with Crippen LogP contribution in [-0.2, 0) is 18.4 Å². The van der Waals surface area contributed by atoms with E-state index in [1.165, 1.54) is 36.9 Å². The second kappa shape index (κ2) is 12.0. The summed E-state index contributed by atoms with van der Waals surface area (Å²) in [7, 11) is 1.75. The third-order valence-corrected chi connectivity index (χ3v) is 8.76. The van der Waals surface area contributed by atoms with Crippen LogP contribution in [0.25, 0.3) is 0 Å². The van der Waals surface area contributed by atoms with E-state index in [-0.39, 0.29) is 35.5 Å². The van der Waals surface area contributed by atoms with Gasteiger partial charge in [0.15, 0.2) is 11.0 Å². The van der Waals surface area contributed by atoms with Crippen LogP contribution in [0.2, 0.25) is 0 Å². The fourth-order valence-corrected chi connectivity index (χ4v) is 6.02. The lowest BCUT2D eigenvalue weighted by molar-refractivity contribution is -0.385. The van der Waals surface area contributed by atoms with E-state index in [4.69, 9.17) is 5.10 Å². The maximum absolute atomic E-state index is 13.4. The van der Waals surface area contributed by atoms with Crippen LogP contribution in [0, 0.1) is 24.0 Å². The maximum atomic E-state index is 13.4. The van der Waals surface area contributed by atoms with Crippen LogP contribution in [0.5, 0.6) is 0 Å². The van der Waals surface area contributed by atoms with Crippen molar-refractivity contribution < 1.29 is 14.5 Å². The Morgan fingerprint density at radius 1 is 1.12 bits per heavy atom. The smallest absolute Gasteiger partial charge is 0.273 e. The molecule has 5 rings (SSSR count). The normalized spacial score (nSPS) is 14.7. The summed E-state index contributed by atoms with van der Waals surface area (Å²) in [6, 6.07) is 16.3. The lowest BCUT2D eigenvalue weighted by Gasteiger charge is -2.22. The highest BCUT2D eigenvalue weighted by Gasteiger charge is 2.33. The number of amides is 2. The topological polar surface area (TPSA) is 136 Å². The van der Waals surface area contributed by atoms with Gasteiger partial charge in [-0.25, -0.2) is 5.01 Å². The van der Waals surface area contributed by atoms with Crippen molar-refractivity contribution in [1.29, 1.82) is 0 Å². The molecular formula is C28H27N7O4S2. The molecule has 1 atom stereocenters. The molecule has 2 aromatic carbocycles. The molecule has 2 aromatic heterocycles. The maximum Gasteiger partial charge on any atom is 0.273 e. The first-order chi connectivity index (χ1) is 19.7. The van der Waals surface area contributed by atoms with Gasteiger partial charge in [-0.15, -0.1) is 21.5 Å². The van der Waals surface area contributed by atoms with Crippen molar-refractivity contribution in [3.05, 3.63) is 103 Å². The zero-order valence-electron chi connectivity index (χ0n) is 22.6. The molecule has 0 saturated heterocycles. The fraction of sp³-hybridized carbons (Fsp3) is 0.250. The van der Waals surface area contributed by atoms with E-state index in [1.807, 2.05) is 48.7 Å². The Bertz CT molecular complexity index is 1630. The number of hydrogen-bond donors (Lipinski definition) is 1. The van der Waals surface area contributed by atoms with E-state index >= 15 is 0 Å². The van der Waals surface area contributed by atoms with E-state index in [9.17, 15) is 19.7 Å². The van der Waals surface area contributed by atoms with Gasteiger partial charge in [0.05, 0.1) is 33.9 Å². The van der Waals surface area contributed by atoms with Crippen molar-refractivity contribution in [2.75, 3.05) is 5.75 Å². The van der Waals surface area contributed by atoms with Gasteiger partial charge in [0, 0.05) is 30.7 Å². The number of rotatable bonds is 9. The summed E-state index contributed by atoms with van der Waals surface area (Å²) in [5.74, 6) is -0.0113. The highest BCUT2D eigenvalue weighted by atomic mass is 32.2. The second-order valence-electron chi connectivity index (χ2n) is 9.53. The number of aromatic nitrogens is 3. The van der Waals surface area contributed by atoms with Crippen molar-refractivity contribution in [1.82, 2.24) is 25.1 Å². The van der Waals surface area contributed by atoms with Crippen LogP contribution >= 0.6 is 23.1 Å². The molecule has 1 N–H and O–H groups in total. The summed E-state index contributed by atoms with van der Waals surface area (Å²) in [5.41, 5.74) is 3.46.